The molecule has 1 heterocycles. The Morgan fingerprint density at radius 2 is 2.14 bits per heavy atom. The van der Waals surface area contributed by atoms with Crippen LogP contribution in [0.25, 0.3) is 11.3 Å². The van der Waals surface area contributed by atoms with Gasteiger partial charge in [-0.05, 0) is 30.7 Å². The Kier molecular flexibility index (Phi) is 4.85. The molecule has 2 N–H and O–H groups in total. The predicted octanol–water partition coefficient (Wildman–Crippen LogP) is 2.95. The molecule has 0 bridgehead atoms. The highest BCUT2D eigenvalue weighted by molar-refractivity contribution is 6.32. The molecule has 5 nitrogen and oxygen atoms in total. The number of nitrogen functional groups attached to an aromatic ring is 1. The van der Waals surface area contributed by atoms with E-state index in [2.05, 4.69) is 12.0 Å². The number of aryl methyl sites for hydroxylation is 1. The molecule has 0 atom stereocenters. The van der Waals surface area contributed by atoms with Crippen LogP contribution in [0, 0.1) is 0 Å². The van der Waals surface area contributed by atoms with E-state index in [4.69, 9.17) is 22.1 Å². The number of hydrogen-bond donors (Lipinski definition) is 1. The first kappa shape index (κ1) is 15.4. The van der Waals surface area contributed by atoms with Gasteiger partial charge in [-0.15, -0.1) is 0 Å². The first-order valence-electron chi connectivity index (χ1n) is 6.78. The van der Waals surface area contributed by atoms with Gasteiger partial charge in [-0.1, -0.05) is 24.9 Å². The lowest BCUT2D eigenvalue weighted by atomic mass is 10.1. The van der Waals surface area contributed by atoms with E-state index in [9.17, 15) is 4.79 Å². The van der Waals surface area contributed by atoms with Crippen LogP contribution in [0.15, 0.2) is 29.1 Å². The summed E-state index contributed by atoms with van der Waals surface area (Å²) in [5.41, 5.74) is 7.13. The van der Waals surface area contributed by atoms with Crippen molar-refractivity contribution in [1.29, 1.82) is 0 Å². The maximum absolute atomic E-state index is 12.0. The van der Waals surface area contributed by atoms with Crippen LogP contribution >= 0.6 is 11.6 Å². The molecule has 2 rings (SSSR count). The fourth-order valence-electron chi connectivity index (χ4n) is 1.99. The predicted molar refractivity (Wildman–Crippen MR) is 84.8 cm³/mol. The second-order valence-electron chi connectivity index (χ2n) is 4.72. The summed E-state index contributed by atoms with van der Waals surface area (Å²) in [6.07, 6.45) is 1.85. The van der Waals surface area contributed by atoms with Crippen molar-refractivity contribution in [1.82, 2.24) is 9.78 Å². The molecule has 0 aliphatic carbocycles. The summed E-state index contributed by atoms with van der Waals surface area (Å²) in [6, 6.07) is 6.91. The summed E-state index contributed by atoms with van der Waals surface area (Å²) < 4.78 is 6.53. The molecule has 0 fully saturated rings. The minimum absolute atomic E-state index is 0.183. The Morgan fingerprint density at radius 3 is 2.76 bits per heavy atom. The minimum Gasteiger partial charge on any atom is -0.495 e. The number of anilines is 1. The maximum atomic E-state index is 12.0. The van der Waals surface area contributed by atoms with Crippen molar-refractivity contribution in [3.05, 3.63) is 39.6 Å². The summed E-state index contributed by atoms with van der Waals surface area (Å²) >= 11 is 6.12. The summed E-state index contributed by atoms with van der Waals surface area (Å²) in [6.45, 7) is 2.61. The van der Waals surface area contributed by atoms with Gasteiger partial charge in [0.25, 0.3) is 5.56 Å². The molecule has 2 aromatic rings. The largest absolute Gasteiger partial charge is 0.495 e. The number of halogens is 1. The molecule has 0 amide bonds. The quantitative estimate of drug-likeness (QED) is 0.922. The number of ether oxygens (including phenoxy) is 1. The molecule has 0 unspecified atom stereocenters. The molecule has 1 aromatic carbocycles. The first-order valence-corrected chi connectivity index (χ1v) is 7.16. The second kappa shape index (κ2) is 6.63. The fraction of sp³-hybridized carbons (Fsp3) is 0.333. The number of nitrogens with two attached hydrogens (primary N) is 1. The molecule has 0 saturated carbocycles. The van der Waals surface area contributed by atoms with Gasteiger partial charge >= 0.3 is 0 Å². The van der Waals surface area contributed by atoms with Gasteiger partial charge in [0.15, 0.2) is 0 Å². The van der Waals surface area contributed by atoms with E-state index in [0.29, 0.717) is 23.0 Å². The van der Waals surface area contributed by atoms with Crippen LogP contribution in [0.2, 0.25) is 5.02 Å². The first-order chi connectivity index (χ1) is 10.1. The van der Waals surface area contributed by atoms with Crippen molar-refractivity contribution in [3.8, 4) is 17.0 Å². The zero-order valence-corrected chi connectivity index (χ0v) is 12.9. The summed E-state index contributed by atoms with van der Waals surface area (Å²) in [7, 11) is 1.56. The Morgan fingerprint density at radius 1 is 1.38 bits per heavy atom. The number of benzene rings is 1. The SMILES string of the molecule is CCCCn1nc(-c2ccc(OC)c(Cl)c2)cc(N)c1=O. The third-order valence-corrected chi connectivity index (χ3v) is 3.47. The molecular weight excluding hydrogens is 290 g/mol. The summed E-state index contributed by atoms with van der Waals surface area (Å²) in [5, 5.41) is 4.85. The molecule has 0 aliphatic heterocycles. The molecule has 0 spiro atoms. The van der Waals surface area contributed by atoms with E-state index in [1.165, 1.54) is 4.68 Å². The number of methoxy groups -OCH3 is 1. The topological polar surface area (TPSA) is 70.1 Å². The Balaban J connectivity index is 2.46. The van der Waals surface area contributed by atoms with Crippen molar-refractivity contribution in [2.45, 2.75) is 26.3 Å². The smallest absolute Gasteiger partial charge is 0.289 e. The molecule has 0 saturated heterocycles. The minimum atomic E-state index is -0.258. The van der Waals surface area contributed by atoms with Crippen molar-refractivity contribution in [2.75, 3.05) is 12.8 Å². The lowest BCUT2D eigenvalue weighted by Crippen LogP contribution is -2.25. The zero-order chi connectivity index (χ0) is 15.4. The number of aromatic nitrogens is 2. The van der Waals surface area contributed by atoms with Gasteiger partial charge in [-0.3, -0.25) is 4.79 Å². The van der Waals surface area contributed by atoms with E-state index in [1.54, 1.807) is 25.3 Å². The van der Waals surface area contributed by atoms with Crippen LogP contribution in [-0.4, -0.2) is 16.9 Å². The van der Waals surface area contributed by atoms with Gasteiger partial charge < -0.3 is 10.5 Å². The van der Waals surface area contributed by atoms with Crippen molar-refractivity contribution in [2.24, 2.45) is 0 Å². The Bertz CT molecular complexity index is 698. The van der Waals surface area contributed by atoms with Crippen LogP contribution in [0.4, 0.5) is 5.69 Å². The lowest BCUT2D eigenvalue weighted by Gasteiger charge is -2.10. The highest BCUT2D eigenvalue weighted by Crippen LogP contribution is 2.29. The Labute approximate surface area is 128 Å². The van der Waals surface area contributed by atoms with Crippen LogP contribution in [0.3, 0.4) is 0 Å². The zero-order valence-electron chi connectivity index (χ0n) is 12.1. The average molecular weight is 308 g/mol. The summed E-state index contributed by atoms with van der Waals surface area (Å²) in [5.74, 6) is 0.590. The molecule has 0 radical (unpaired) electrons. The maximum Gasteiger partial charge on any atom is 0.289 e. The molecule has 112 valence electrons. The molecule has 1 aromatic heterocycles. The average Bonchev–Trinajstić information content (AvgIpc) is 2.48. The molecule has 6 heteroatoms. The third-order valence-electron chi connectivity index (χ3n) is 3.17. The Hall–Kier alpha value is -2.01. The number of hydrogen-bond acceptors (Lipinski definition) is 4. The highest BCUT2D eigenvalue weighted by atomic mass is 35.5. The van der Waals surface area contributed by atoms with Gasteiger partial charge in [0, 0.05) is 12.1 Å². The van der Waals surface area contributed by atoms with Crippen LogP contribution in [0.5, 0.6) is 5.75 Å². The van der Waals surface area contributed by atoms with E-state index < -0.39 is 0 Å². The number of rotatable bonds is 5. The van der Waals surface area contributed by atoms with Crippen LogP contribution in [0.1, 0.15) is 19.8 Å². The molecule has 21 heavy (non-hydrogen) atoms. The van der Waals surface area contributed by atoms with Gasteiger partial charge in [-0.25, -0.2) is 4.68 Å². The summed E-state index contributed by atoms with van der Waals surface area (Å²) in [4.78, 5) is 12.0. The lowest BCUT2D eigenvalue weighted by molar-refractivity contribution is 0.415. The number of unbranched alkanes of at least 4 members (excludes halogenated alkanes) is 1. The van der Waals surface area contributed by atoms with E-state index in [-0.39, 0.29) is 11.2 Å². The standard InChI is InChI=1S/C15H18ClN3O2/c1-3-4-7-19-15(20)12(17)9-13(18-19)10-5-6-14(21-2)11(16)8-10/h5-6,8-9H,3-4,7,17H2,1-2H3. The van der Waals surface area contributed by atoms with Crippen molar-refractivity contribution in [3.63, 3.8) is 0 Å². The van der Waals surface area contributed by atoms with Crippen molar-refractivity contribution >= 4 is 17.3 Å². The van der Waals surface area contributed by atoms with E-state index >= 15 is 0 Å². The van der Waals surface area contributed by atoms with Gasteiger partial charge in [0.05, 0.1) is 17.8 Å². The normalized spacial score (nSPS) is 10.6. The van der Waals surface area contributed by atoms with Gasteiger partial charge in [0.1, 0.15) is 11.4 Å². The fourth-order valence-corrected chi connectivity index (χ4v) is 2.25. The third kappa shape index (κ3) is 3.36. The number of nitrogens with zero attached hydrogens (tertiary/aromatic N) is 2. The van der Waals surface area contributed by atoms with Gasteiger partial charge in [0.2, 0.25) is 0 Å². The molecule has 0 aliphatic rings. The monoisotopic (exact) mass is 307 g/mol. The van der Waals surface area contributed by atoms with E-state index in [0.717, 1.165) is 18.4 Å². The van der Waals surface area contributed by atoms with Crippen molar-refractivity contribution < 1.29 is 4.74 Å². The van der Waals surface area contributed by atoms with Gasteiger partial charge in [-0.2, -0.15) is 5.10 Å². The molecular formula is C15H18ClN3O2. The van der Waals surface area contributed by atoms with Crippen LogP contribution < -0.4 is 16.0 Å². The second-order valence-corrected chi connectivity index (χ2v) is 5.12. The van der Waals surface area contributed by atoms with E-state index in [1.807, 2.05) is 6.07 Å². The van der Waals surface area contributed by atoms with Crippen LogP contribution in [-0.2, 0) is 6.54 Å². The highest BCUT2D eigenvalue weighted by Gasteiger charge is 2.09.